The van der Waals surface area contributed by atoms with E-state index in [1.54, 1.807) is 0 Å². The molecule has 0 amide bonds. The van der Waals surface area contributed by atoms with Gasteiger partial charge in [0, 0.05) is 25.2 Å². The molecule has 2 saturated heterocycles. The molecule has 2 rings (SSSR count). The molecule has 0 aromatic rings. The van der Waals surface area contributed by atoms with E-state index in [0.717, 1.165) is 32.8 Å². The Morgan fingerprint density at radius 1 is 1.12 bits per heavy atom. The smallest absolute Gasteiger partial charge is 0.0594 e. The fourth-order valence-electron chi connectivity index (χ4n) is 3.24. The quantitative estimate of drug-likeness (QED) is 0.782. The molecule has 2 N–H and O–H groups in total. The van der Waals surface area contributed by atoms with Gasteiger partial charge in [0.2, 0.25) is 0 Å². The summed E-state index contributed by atoms with van der Waals surface area (Å²) in [5, 5.41) is 0. The van der Waals surface area contributed by atoms with Crippen molar-refractivity contribution in [1.29, 1.82) is 0 Å². The lowest BCUT2D eigenvalue weighted by molar-refractivity contribution is -0.0252. The second kappa shape index (κ2) is 6.14. The minimum Gasteiger partial charge on any atom is -0.379 e. The van der Waals surface area contributed by atoms with Crippen LogP contribution in [-0.2, 0) is 4.74 Å². The molecule has 0 saturated carbocycles. The van der Waals surface area contributed by atoms with Crippen molar-refractivity contribution in [1.82, 2.24) is 9.80 Å². The Balaban J connectivity index is 2.01. The van der Waals surface area contributed by atoms with Gasteiger partial charge in [-0.2, -0.15) is 0 Å². The van der Waals surface area contributed by atoms with Crippen LogP contribution < -0.4 is 5.73 Å². The molecule has 2 fully saturated rings. The zero-order chi connectivity index (χ0) is 12.1. The topological polar surface area (TPSA) is 41.7 Å². The summed E-state index contributed by atoms with van der Waals surface area (Å²) in [5.74, 6) is 0. The van der Waals surface area contributed by atoms with E-state index in [9.17, 15) is 0 Å². The molecule has 1 atom stereocenters. The van der Waals surface area contributed by atoms with Crippen molar-refractivity contribution < 1.29 is 4.74 Å². The number of hydrogen-bond donors (Lipinski definition) is 1. The third-order valence-corrected chi connectivity index (χ3v) is 4.52. The van der Waals surface area contributed by atoms with Crippen molar-refractivity contribution in [2.24, 2.45) is 5.73 Å². The van der Waals surface area contributed by atoms with Crippen molar-refractivity contribution in [2.45, 2.75) is 31.7 Å². The van der Waals surface area contributed by atoms with Gasteiger partial charge in [0.1, 0.15) is 0 Å². The maximum absolute atomic E-state index is 6.12. The number of hydrogen-bond acceptors (Lipinski definition) is 4. The molecule has 0 aromatic carbocycles. The average molecular weight is 241 g/mol. The lowest BCUT2D eigenvalue weighted by Crippen LogP contribution is -2.57. The van der Waals surface area contributed by atoms with Crippen LogP contribution in [0.3, 0.4) is 0 Å². The molecule has 17 heavy (non-hydrogen) atoms. The molecule has 2 aliphatic heterocycles. The third kappa shape index (κ3) is 2.99. The van der Waals surface area contributed by atoms with Crippen LogP contribution in [0.4, 0.5) is 0 Å². The molecule has 0 radical (unpaired) electrons. The molecule has 0 aliphatic carbocycles. The Morgan fingerprint density at radius 3 is 2.53 bits per heavy atom. The molecule has 1 unspecified atom stereocenters. The number of morpholine rings is 1. The second-order valence-corrected chi connectivity index (χ2v) is 5.32. The summed E-state index contributed by atoms with van der Waals surface area (Å²) in [6.45, 7) is 10.5. The molecule has 0 bridgehead atoms. The van der Waals surface area contributed by atoms with E-state index in [1.165, 1.54) is 38.9 Å². The minimum absolute atomic E-state index is 0.244. The summed E-state index contributed by atoms with van der Waals surface area (Å²) in [5.41, 5.74) is 6.37. The highest BCUT2D eigenvalue weighted by molar-refractivity contribution is 4.95. The lowest BCUT2D eigenvalue weighted by Gasteiger charge is -2.45. The van der Waals surface area contributed by atoms with Gasteiger partial charge >= 0.3 is 0 Å². The molecule has 4 nitrogen and oxygen atoms in total. The molecule has 100 valence electrons. The maximum Gasteiger partial charge on any atom is 0.0594 e. The van der Waals surface area contributed by atoms with Gasteiger partial charge < -0.3 is 15.4 Å². The third-order valence-electron chi connectivity index (χ3n) is 4.52. The van der Waals surface area contributed by atoms with Gasteiger partial charge in [-0.05, 0) is 38.9 Å². The molecule has 4 heteroatoms. The van der Waals surface area contributed by atoms with Crippen LogP contribution >= 0.6 is 0 Å². The molecule has 0 spiro atoms. The predicted octanol–water partition coefficient (Wildman–Crippen LogP) is 0.522. The minimum atomic E-state index is 0.244. The van der Waals surface area contributed by atoms with Gasteiger partial charge in [0.25, 0.3) is 0 Å². The maximum atomic E-state index is 6.12. The van der Waals surface area contributed by atoms with E-state index in [2.05, 4.69) is 16.7 Å². The van der Waals surface area contributed by atoms with Gasteiger partial charge in [-0.3, -0.25) is 4.90 Å². The first-order valence-electron chi connectivity index (χ1n) is 7.06. The summed E-state index contributed by atoms with van der Waals surface area (Å²) >= 11 is 0. The first-order valence-corrected chi connectivity index (χ1v) is 7.06. The Labute approximate surface area is 105 Å². The fourth-order valence-corrected chi connectivity index (χ4v) is 3.24. The van der Waals surface area contributed by atoms with Crippen LogP contribution in [-0.4, -0.2) is 67.8 Å². The van der Waals surface area contributed by atoms with Crippen LogP contribution in [0.5, 0.6) is 0 Å². The summed E-state index contributed by atoms with van der Waals surface area (Å²) in [6, 6.07) is 0. The van der Waals surface area contributed by atoms with E-state index in [1.807, 2.05) is 0 Å². The molecule has 2 heterocycles. The number of nitrogens with zero attached hydrogens (tertiary/aromatic N) is 2. The van der Waals surface area contributed by atoms with Crippen molar-refractivity contribution in [2.75, 3.05) is 52.5 Å². The molecular weight excluding hydrogens is 214 g/mol. The van der Waals surface area contributed by atoms with Crippen LogP contribution in [0, 0.1) is 0 Å². The van der Waals surface area contributed by atoms with Gasteiger partial charge in [-0.1, -0.05) is 6.92 Å². The largest absolute Gasteiger partial charge is 0.379 e. The average Bonchev–Trinajstić information content (AvgIpc) is 2.62. The second-order valence-electron chi connectivity index (χ2n) is 5.32. The SMILES string of the molecule is CCN1CCCC(CN)(N2CCOCC2)CC1. The Kier molecular flexibility index (Phi) is 4.79. The van der Waals surface area contributed by atoms with Crippen LogP contribution in [0.1, 0.15) is 26.2 Å². The van der Waals surface area contributed by atoms with Gasteiger partial charge in [-0.25, -0.2) is 0 Å². The predicted molar refractivity (Wildman–Crippen MR) is 70.1 cm³/mol. The van der Waals surface area contributed by atoms with Crippen molar-refractivity contribution in [3.8, 4) is 0 Å². The first-order chi connectivity index (χ1) is 8.30. The zero-order valence-corrected chi connectivity index (χ0v) is 11.2. The first kappa shape index (κ1) is 13.3. The highest BCUT2D eigenvalue weighted by Crippen LogP contribution is 2.28. The standard InChI is InChI=1S/C13H27N3O/c1-2-15-6-3-4-13(12-14,5-7-15)16-8-10-17-11-9-16/h2-12,14H2,1H3. The zero-order valence-electron chi connectivity index (χ0n) is 11.2. The summed E-state index contributed by atoms with van der Waals surface area (Å²) in [7, 11) is 0. The van der Waals surface area contributed by atoms with E-state index in [4.69, 9.17) is 10.5 Å². The van der Waals surface area contributed by atoms with Crippen molar-refractivity contribution in [3.63, 3.8) is 0 Å². The van der Waals surface area contributed by atoms with E-state index >= 15 is 0 Å². The van der Waals surface area contributed by atoms with E-state index < -0.39 is 0 Å². The number of ether oxygens (including phenoxy) is 1. The van der Waals surface area contributed by atoms with Crippen LogP contribution in [0.25, 0.3) is 0 Å². The fraction of sp³-hybridized carbons (Fsp3) is 1.00. The van der Waals surface area contributed by atoms with E-state index in [0.29, 0.717) is 0 Å². The number of nitrogens with two attached hydrogens (primary N) is 1. The van der Waals surface area contributed by atoms with Crippen molar-refractivity contribution in [3.05, 3.63) is 0 Å². The van der Waals surface area contributed by atoms with Crippen LogP contribution in [0.15, 0.2) is 0 Å². The Hall–Kier alpha value is -0.160. The summed E-state index contributed by atoms with van der Waals surface area (Å²) < 4.78 is 5.46. The molecule has 0 aromatic heterocycles. The highest BCUT2D eigenvalue weighted by Gasteiger charge is 2.37. The van der Waals surface area contributed by atoms with Gasteiger partial charge in [-0.15, -0.1) is 0 Å². The van der Waals surface area contributed by atoms with Crippen molar-refractivity contribution >= 4 is 0 Å². The van der Waals surface area contributed by atoms with Crippen LogP contribution in [0.2, 0.25) is 0 Å². The molecule has 2 aliphatic rings. The van der Waals surface area contributed by atoms with Gasteiger partial charge in [0.05, 0.1) is 13.2 Å². The normalized spacial score (nSPS) is 33.5. The molecular formula is C13H27N3O. The number of rotatable bonds is 3. The van der Waals surface area contributed by atoms with Gasteiger partial charge in [0.15, 0.2) is 0 Å². The Bertz CT molecular complexity index is 231. The monoisotopic (exact) mass is 241 g/mol. The highest BCUT2D eigenvalue weighted by atomic mass is 16.5. The summed E-state index contributed by atoms with van der Waals surface area (Å²) in [6.07, 6.45) is 3.75. The summed E-state index contributed by atoms with van der Waals surface area (Å²) in [4.78, 5) is 5.15. The Morgan fingerprint density at radius 2 is 1.88 bits per heavy atom. The lowest BCUT2D eigenvalue weighted by atomic mass is 9.88. The number of likely N-dealkylation sites (tertiary alicyclic amines) is 1. The van der Waals surface area contributed by atoms with E-state index in [-0.39, 0.29) is 5.54 Å².